The fourth-order valence-corrected chi connectivity index (χ4v) is 6.05. The Kier molecular flexibility index (Phi) is 5.88. The number of amides is 1. The van der Waals surface area contributed by atoms with Gasteiger partial charge in [-0.25, -0.2) is 0 Å². The number of hydrogen-bond donors (Lipinski definition) is 0. The first-order valence-corrected chi connectivity index (χ1v) is 11.0. The molecule has 8 heteroatoms. The molecule has 7 nitrogen and oxygen atoms in total. The Hall–Kier alpha value is -2.70. The van der Waals surface area contributed by atoms with Gasteiger partial charge >= 0.3 is 0 Å². The van der Waals surface area contributed by atoms with Crippen LogP contribution in [0.4, 0.5) is 4.79 Å². The van der Waals surface area contributed by atoms with Crippen molar-refractivity contribution in [3.8, 4) is 5.75 Å². The molecule has 0 bridgehead atoms. The number of piperidine rings is 1. The van der Waals surface area contributed by atoms with Crippen LogP contribution >= 0.6 is 11.8 Å². The minimum atomic E-state index is 0.0292. The third-order valence-electron chi connectivity index (χ3n) is 6.24. The highest BCUT2D eigenvalue weighted by Crippen LogP contribution is 2.50. The normalized spacial score (nSPS) is 24.3. The number of nitrogens with zero attached hydrogens (tertiary/aromatic N) is 5. The Balaban J connectivity index is 1.71. The molecule has 0 aliphatic carbocycles. The van der Waals surface area contributed by atoms with Gasteiger partial charge in [-0.15, -0.1) is 6.58 Å². The van der Waals surface area contributed by atoms with Gasteiger partial charge in [0.15, 0.2) is 0 Å². The summed E-state index contributed by atoms with van der Waals surface area (Å²) < 4.78 is 5.44. The van der Waals surface area contributed by atoms with E-state index in [-0.39, 0.29) is 22.4 Å². The van der Waals surface area contributed by atoms with E-state index < -0.39 is 0 Å². The van der Waals surface area contributed by atoms with Crippen LogP contribution in [0.5, 0.6) is 5.75 Å². The number of rotatable bonds is 6. The zero-order chi connectivity index (χ0) is 21.3. The number of azide groups is 1. The molecule has 0 radical (unpaired) electrons. The zero-order valence-electron chi connectivity index (χ0n) is 17.2. The number of aromatic nitrogens is 1. The third kappa shape index (κ3) is 3.73. The molecule has 2 fully saturated rings. The van der Waals surface area contributed by atoms with Gasteiger partial charge in [0.2, 0.25) is 0 Å². The lowest BCUT2D eigenvalue weighted by molar-refractivity contribution is 0.136. The summed E-state index contributed by atoms with van der Waals surface area (Å²) in [6.07, 6.45) is 3.66. The standard InChI is InChI=1S/C22H25N5O2S/c1-4-14(12-24-26-23)15-7-8-27-20(10-15)21(30-22(27)28)18-9-13(2)25-19-6-5-16(29-3)11-17(18)19/h4-6,9,11,14-15,20-21H,1,7-8,10,12H2,2-3H3/t14-,15-,20-,21-/m0/s1. The maximum absolute atomic E-state index is 12.8. The number of thioether (sulfide) groups is 1. The van der Waals surface area contributed by atoms with Gasteiger partial charge in [-0.05, 0) is 67.0 Å². The molecule has 4 atom stereocenters. The molecular weight excluding hydrogens is 398 g/mol. The number of benzene rings is 1. The number of pyridine rings is 1. The first-order chi connectivity index (χ1) is 14.5. The van der Waals surface area contributed by atoms with Crippen molar-refractivity contribution in [1.82, 2.24) is 9.88 Å². The molecule has 30 heavy (non-hydrogen) atoms. The molecule has 0 unspecified atom stereocenters. The lowest BCUT2D eigenvalue weighted by Crippen LogP contribution is -2.43. The van der Waals surface area contributed by atoms with Crippen LogP contribution < -0.4 is 4.74 Å². The van der Waals surface area contributed by atoms with Crippen LogP contribution in [0, 0.1) is 18.8 Å². The largest absolute Gasteiger partial charge is 0.497 e. The second-order valence-electron chi connectivity index (χ2n) is 7.90. The van der Waals surface area contributed by atoms with Crippen LogP contribution in [-0.4, -0.2) is 41.4 Å². The zero-order valence-corrected chi connectivity index (χ0v) is 18.0. The van der Waals surface area contributed by atoms with Gasteiger partial charge in [-0.1, -0.05) is 23.0 Å². The van der Waals surface area contributed by atoms with Crippen LogP contribution in [0.15, 0.2) is 42.0 Å². The highest BCUT2D eigenvalue weighted by molar-refractivity contribution is 8.14. The number of fused-ring (bicyclic) bond motifs is 2. The maximum atomic E-state index is 12.8. The van der Waals surface area contributed by atoms with E-state index in [9.17, 15) is 4.79 Å². The molecule has 0 spiro atoms. The van der Waals surface area contributed by atoms with Crippen molar-refractivity contribution in [2.45, 2.75) is 31.1 Å². The van der Waals surface area contributed by atoms with Crippen LogP contribution in [0.2, 0.25) is 0 Å². The summed E-state index contributed by atoms with van der Waals surface area (Å²) in [6, 6.07) is 8.11. The van der Waals surface area contributed by atoms with E-state index in [4.69, 9.17) is 10.3 Å². The summed E-state index contributed by atoms with van der Waals surface area (Å²) in [4.78, 5) is 22.4. The average molecular weight is 424 g/mol. The summed E-state index contributed by atoms with van der Waals surface area (Å²) in [5, 5.41) is 4.97. The van der Waals surface area contributed by atoms with Gasteiger partial charge in [0.25, 0.3) is 5.24 Å². The lowest BCUT2D eigenvalue weighted by atomic mass is 9.79. The summed E-state index contributed by atoms with van der Waals surface area (Å²) in [5.74, 6) is 1.25. The monoisotopic (exact) mass is 423 g/mol. The van der Waals surface area contributed by atoms with Crippen molar-refractivity contribution in [2.75, 3.05) is 20.2 Å². The maximum Gasteiger partial charge on any atom is 0.282 e. The van der Waals surface area contributed by atoms with Crippen molar-refractivity contribution < 1.29 is 9.53 Å². The van der Waals surface area contributed by atoms with E-state index in [1.54, 1.807) is 7.11 Å². The molecule has 2 saturated heterocycles. The first-order valence-electron chi connectivity index (χ1n) is 10.1. The number of ether oxygens (including phenoxy) is 1. The predicted molar refractivity (Wildman–Crippen MR) is 120 cm³/mol. The molecule has 1 aromatic heterocycles. The van der Waals surface area contributed by atoms with Crippen molar-refractivity contribution in [2.24, 2.45) is 17.0 Å². The minimum Gasteiger partial charge on any atom is -0.497 e. The molecule has 1 aromatic carbocycles. The number of carbonyl (C=O) groups is 1. The highest BCUT2D eigenvalue weighted by atomic mass is 32.2. The van der Waals surface area contributed by atoms with Gasteiger partial charge in [0.1, 0.15) is 5.75 Å². The highest BCUT2D eigenvalue weighted by Gasteiger charge is 2.46. The number of hydrogen-bond acceptors (Lipinski definition) is 5. The Morgan fingerprint density at radius 3 is 3.07 bits per heavy atom. The average Bonchev–Trinajstić information content (AvgIpc) is 3.09. The number of methoxy groups -OCH3 is 1. The summed E-state index contributed by atoms with van der Waals surface area (Å²) >= 11 is 1.41. The number of carbonyl (C=O) groups excluding carboxylic acids is 1. The van der Waals surface area contributed by atoms with Gasteiger partial charge in [0.05, 0.1) is 17.9 Å². The quantitative estimate of drug-likeness (QED) is 0.260. The number of aryl methyl sites for hydroxylation is 1. The van der Waals surface area contributed by atoms with E-state index in [1.165, 1.54) is 11.8 Å². The predicted octanol–water partition coefficient (Wildman–Crippen LogP) is 5.65. The van der Waals surface area contributed by atoms with Crippen LogP contribution in [0.1, 0.15) is 29.3 Å². The molecule has 3 heterocycles. The van der Waals surface area contributed by atoms with Crippen molar-refractivity contribution in [1.29, 1.82) is 0 Å². The third-order valence-corrected chi connectivity index (χ3v) is 7.50. The van der Waals surface area contributed by atoms with Gasteiger partial charge < -0.3 is 9.64 Å². The molecule has 2 aromatic rings. The van der Waals surface area contributed by atoms with E-state index in [1.807, 2.05) is 36.1 Å². The van der Waals surface area contributed by atoms with E-state index >= 15 is 0 Å². The molecule has 0 N–H and O–H groups in total. The molecule has 1 amide bonds. The molecule has 4 rings (SSSR count). The smallest absolute Gasteiger partial charge is 0.282 e. The second kappa shape index (κ2) is 8.58. The van der Waals surface area contributed by atoms with Gasteiger partial charge in [0, 0.05) is 35.1 Å². The summed E-state index contributed by atoms with van der Waals surface area (Å²) in [6.45, 7) is 7.08. The van der Waals surface area contributed by atoms with Crippen LogP contribution in [0.3, 0.4) is 0 Å². The molecule has 2 aliphatic rings. The molecule has 0 saturated carbocycles. The Labute approximate surface area is 180 Å². The van der Waals surface area contributed by atoms with E-state index in [2.05, 4.69) is 27.7 Å². The first kappa shape index (κ1) is 20.6. The van der Waals surface area contributed by atoms with E-state index in [0.717, 1.165) is 47.3 Å². The summed E-state index contributed by atoms with van der Waals surface area (Å²) in [7, 11) is 1.66. The topological polar surface area (TPSA) is 91.2 Å². The van der Waals surface area contributed by atoms with Crippen molar-refractivity contribution in [3.05, 3.63) is 58.6 Å². The van der Waals surface area contributed by atoms with Gasteiger partial charge in [-0.3, -0.25) is 9.78 Å². The van der Waals surface area contributed by atoms with Crippen LogP contribution in [0.25, 0.3) is 21.3 Å². The van der Waals surface area contributed by atoms with E-state index in [0.29, 0.717) is 12.5 Å². The second-order valence-corrected chi connectivity index (χ2v) is 8.99. The Bertz CT molecular complexity index is 1040. The van der Waals surface area contributed by atoms with Gasteiger partial charge in [-0.2, -0.15) is 0 Å². The molecule has 156 valence electrons. The Morgan fingerprint density at radius 2 is 2.33 bits per heavy atom. The van der Waals surface area contributed by atoms with Crippen LogP contribution in [-0.2, 0) is 0 Å². The van der Waals surface area contributed by atoms with Crippen molar-refractivity contribution in [3.63, 3.8) is 0 Å². The summed E-state index contributed by atoms with van der Waals surface area (Å²) in [5.41, 5.74) is 11.7. The molecular formula is C22H25N5O2S. The SMILES string of the molecule is C=C[C@@H](CN=[N+]=[N-])[C@H]1CCN2C(=O)S[C@@H](c3cc(C)nc4ccc(OC)cc34)[C@@H]2C1. The van der Waals surface area contributed by atoms with Crippen molar-refractivity contribution >= 4 is 27.9 Å². The lowest BCUT2D eigenvalue weighted by Gasteiger charge is -2.39. The fourth-order valence-electron chi connectivity index (χ4n) is 4.73. The fraction of sp³-hybridized carbons (Fsp3) is 0.455. The Morgan fingerprint density at radius 1 is 1.50 bits per heavy atom. The minimum absolute atomic E-state index is 0.0292. The molecule has 2 aliphatic heterocycles.